The largest absolute Gasteiger partial charge is 0.469 e. The molecular weight excluding hydrogens is 266 g/mol. The van der Waals surface area contributed by atoms with Crippen LogP contribution < -0.4 is 0 Å². The standard InChI is InChI=1S/C17H21NO3/c1-21-16(19)10-12-11-18(13-6-2-3-7-13)17(20)15-9-5-4-8-14(12)15/h4-5,8-9,12-13H,2-3,6-7,10-11H2,1H3. The van der Waals surface area contributed by atoms with E-state index in [1.807, 2.05) is 29.2 Å². The monoisotopic (exact) mass is 287 g/mol. The summed E-state index contributed by atoms with van der Waals surface area (Å²) in [6.07, 6.45) is 4.89. The molecule has 1 heterocycles. The Morgan fingerprint density at radius 3 is 2.71 bits per heavy atom. The van der Waals surface area contributed by atoms with Gasteiger partial charge in [0, 0.05) is 24.1 Å². The molecule has 1 aliphatic carbocycles. The summed E-state index contributed by atoms with van der Waals surface area (Å²) in [5.74, 6) is -0.0407. The first-order valence-corrected chi connectivity index (χ1v) is 7.67. The third-order valence-corrected chi connectivity index (χ3v) is 4.72. The van der Waals surface area contributed by atoms with E-state index in [1.54, 1.807) is 0 Å². The van der Waals surface area contributed by atoms with Crippen molar-refractivity contribution in [3.63, 3.8) is 0 Å². The molecule has 0 spiro atoms. The first-order chi connectivity index (χ1) is 10.2. The van der Waals surface area contributed by atoms with Crippen molar-refractivity contribution in [3.05, 3.63) is 35.4 Å². The van der Waals surface area contributed by atoms with E-state index in [0.29, 0.717) is 19.0 Å². The molecule has 1 aromatic carbocycles. The Balaban J connectivity index is 1.91. The van der Waals surface area contributed by atoms with Crippen LogP contribution >= 0.6 is 0 Å². The van der Waals surface area contributed by atoms with Gasteiger partial charge in [0.1, 0.15) is 0 Å². The maximum absolute atomic E-state index is 12.7. The predicted octanol–water partition coefficient (Wildman–Crippen LogP) is 2.73. The molecule has 1 fully saturated rings. The number of hydrogen-bond donors (Lipinski definition) is 0. The van der Waals surface area contributed by atoms with E-state index < -0.39 is 0 Å². The lowest BCUT2D eigenvalue weighted by Crippen LogP contribution is -2.45. The number of benzene rings is 1. The summed E-state index contributed by atoms with van der Waals surface area (Å²) in [5, 5.41) is 0. The third kappa shape index (κ3) is 2.67. The molecule has 1 aliphatic heterocycles. The van der Waals surface area contributed by atoms with Crippen LogP contribution in [0, 0.1) is 0 Å². The smallest absolute Gasteiger partial charge is 0.306 e. The highest BCUT2D eigenvalue weighted by molar-refractivity contribution is 5.97. The van der Waals surface area contributed by atoms with Crippen LogP contribution in [0.25, 0.3) is 0 Å². The van der Waals surface area contributed by atoms with Gasteiger partial charge in [-0.25, -0.2) is 0 Å². The van der Waals surface area contributed by atoms with E-state index >= 15 is 0 Å². The number of nitrogens with zero attached hydrogens (tertiary/aromatic N) is 1. The zero-order valence-corrected chi connectivity index (χ0v) is 12.4. The summed E-state index contributed by atoms with van der Waals surface area (Å²) >= 11 is 0. The van der Waals surface area contributed by atoms with Crippen molar-refractivity contribution >= 4 is 11.9 Å². The highest BCUT2D eigenvalue weighted by atomic mass is 16.5. The fourth-order valence-electron chi connectivity index (χ4n) is 3.61. The molecule has 3 rings (SSSR count). The number of methoxy groups -OCH3 is 1. The Kier molecular flexibility index (Phi) is 3.95. The van der Waals surface area contributed by atoms with Crippen molar-refractivity contribution in [1.82, 2.24) is 4.90 Å². The second-order valence-corrected chi connectivity index (χ2v) is 5.96. The fourth-order valence-corrected chi connectivity index (χ4v) is 3.61. The van der Waals surface area contributed by atoms with Gasteiger partial charge in [0.25, 0.3) is 5.91 Å². The van der Waals surface area contributed by atoms with E-state index in [4.69, 9.17) is 4.74 Å². The van der Waals surface area contributed by atoms with E-state index in [9.17, 15) is 9.59 Å². The van der Waals surface area contributed by atoms with E-state index in [1.165, 1.54) is 20.0 Å². The fraction of sp³-hybridized carbons (Fsp3) is 0.529. The van der Waals surface area contributed by atoms with Gasteiger partial charge in [0.05, 0.1) is 13.5 Å². The predicted molar refractivity (Wildman–Crippen MR) is 79.1 cm³/mol. The number of hydrogen-bond acceptors (Lipinski definition) is 3. The molecule has 4 heteroatoms. The summed E-state index contributed by atoms with van der Waals surface area (Å²) in [5.41, 5.74) is 1.74. The van der Waals surface area contributed by atoms with Gasteiger partial charge in [-0.15, -0.1) is 0 Å². The van der Waals surface area contributed by atoms with E-state index in [2.05, 4.69) is 0 Å². The molecule has 0 N–H and O–H groups in total. The molecule has 4 nitrogen and oxygen atoms in total. The number of esters is 1. The minimum Gasteiger partial charge on any atom is -0.469 e. The lowest BCUT2D eigenvalue weighted by molar-refractivity contribution is -0.141. The van der Waals surface area contributed by atoms with Gasteiger partial charge in [-0.05, 0) is 24.5 Å². The van der Waals surface area contributed by atoms with Crippen molar-refractivity contribution in [2.75, 3.05) is 13.7 Å². The SMILES string of the molecule is COC(=O)CC1CN(C2CCCC2)C(=O)c2ccccc21. The number of carbonyl (C=O) groups excluding carboxylic acids is 2. The molecular formula is C17H21NO3. The zero-order chi connectivity index (χ0) is 14.8. The first-order valence-electron chi connectivity index (χ1n) is 7.67. The number of fused-ring (bicyclic) bond motifs is 1. The number of rotatable bonds is 3. The van der Waals surface area contributed by atoms with Gasteiger partial charge < -0.3 is 9.64 Å². The van der Waals surface area contributed by atoms with Crippen molar-refractivity contribution < 1.29 is 14.3 Å². The van der Waals surface area contributed by atoms with Crippen LogP contribution in [0.15, 0.2) is 24.3 Å². The van der Waals surface area contributed by atoms with Gasteiger partial charge >= 0.3 is 5.97 Å². The minimum atomic E-state index is -0.212. The Bertz CT molecular complexity index is 549. The van der Waals surface area contributed by atoms with E-state index in [-0.39, 0.29) is 17.8 Å². The lowest BCUT2D eigenvalue weighted by Gasteiger charge is -2.37. The molecule has 1 aromatic rings. The van der Waals surface area contributed by atoms with Gasteiger partial charge in [-0.1, -0.05) is 31.0 Å². The molecule has 1 unspecified atom stereocenters. The first kappa shape index (κ1) is 14.1. The van der Waals surface area contributed by atoms with Crippen molar-refractivity contribution in [3.8, 4) is 0 Å². The molecule has 1 amide bonds. The van der Waals surface area contributed by atoms with Crippen LogP contribution in [0.5, 0.6) is 0 Å². The highest BCUT2D eigenvalue weighted by Crippen LogP contribution is 2.35. The quantitative estimate of drug-likeness (QED) is 0.803. The average molecular weight is 287 g/mol. The topological polar surface area (TPSA) is 46.6 Å². The molecule has 1 saturated carbocycles. The van der Waals surface area contributed by atoms with Crippen LogP contribution in [0.2, 0.25) is 0 Å². The normalized spacial score (nSPS) is 22.2. The van der Waals surface area contributed by atoms with Crippen molar-refractivity contribution in [1.29, 1.82) is 0 Å². The molecule has 1 atom stereocenters. The molecule has 0 bridgehead atoms. The average Bonchev–Trinajstić information content (AvgIpc) is 3.04. The highest BCUT2D eigenvalue weighted by Gasteiger charge is 2.36. The molecule has 21 heavy (non-hydrogen) atoms. The summed E-state index contributed by atoms with van der Waals surface area (Å²) in [4.78, 5) is 26.4. The molecule has 0 aromatic heterocycles. The summed E-state index contributed by atoms with van der Waals surface area (Å²) in [6.45, 7) is 0.635. The maximum atomic E-state index is 12.7. The second kappa shape index (κ2) is 5.88. The van der Waals surface area contributed by atoms with Crippen molar-refractivity contribution in [2.24, 2.45) is 0 Å². The second-order valence-electron chi connectivity index (χ2n) is 5.96. The maximum Gasteiger partial charge on any atom is 0.306 e. The molecule has 0 saturated heterocycles. The molecule has 112 valence electrons. The van der Waals surface area contributed by atoms with Gasteiger partial charge in [-0.2, -0.15) is 0 Å². The molecule has 0 radical (unpaired) electrons. The van der Waals surface area contributed by atoms with Gasteiger partial charge in [-0.3, -0.25) is 9.59 Å². The van der Waals surface area contributed by atoms with Gasteiger partial charge in [0.15, 0.2) is 0 Å². The van der Waals surface area contributed by atoms with Crippen LogP contribution in [-0.4, -0.2) is 36.5 Å². The zero-order valence-electron chi connectivity index (χ0n) is 12.4. The Morgan fingerprint density at radius 1 is 1.29 bits per heavy atom. The summed E-state index contributed by atoms with van der Waals surface area (Å²) in [7, 11) is 1.41. The lowest BCUT2D eigenvalue weighted by atomic mass is 9.86. The number of amides is 1. The number of carbonyl (C=O) groups is 2. The molecule has 2 aliphatic rings. The Morgan fingerprint density at radius 2 is 2.00 bits per heavy atom. The van der Waals surface area contributed by atoms with Crippen LogP contribution in [0.3, 0.4) is 0 Å². The number of ether oxygens (including phenoxy) is 1. The summed E-state index contributed by atoms with van der Waals surface area (Å²) < 4.78 is 4.81. The van der Waals surface area contributed by atoms with Crippen LogP contribution in [0.1, 0.15) is 53.9 Å². The van der Waals surface area contributed by atoms with Crippen LogP contribution in [0.4, 0.5) is 0 Å². The van der Waals surface area contributed by atoms with E-state index in [0.717, 1.165) is 24.0 Å². The third-order valence-electron chi connectivity index (χ3n) is 4.72. The Hall–Kier alpha value is -1.84. The van der Waals surface area contributed by atoms with Crippen molar-refractivity contribution in [2.45, 2.75) is 44.1 Å². The van der Waals surface area contributed by atoms with Gasteiger partial charge in [0.2, 0.25) is 0 Å². The Labute approximate surface area is 125 Å². The summed E-state index contributed by atoms with van der Waals surface area (Å²) in [6, 6.07) is 8.01. The van der Waals surface area contributed by atoms with Crippen LogP contribution in [-0.2, 0) is 9.53 Å². The minimum absolute atomic E-state index is 0.0481.